The monoisotopic (exact) mass is 289 g/mol. The van der Waals surface area contributed by atoms with Crippen molar-refractivity contribution >= 4 is 5.97 Å². The van der Waals surface area contributed by atoms with Crippen LogP contribution in [0.25, 0.3) is 0 Å². The summed E-state index contributed by atoms with van der Waals surface area (Å²) in [6.07, 6.45) is 2.09. The zero-order chi connectivity index (χ0) is 14.2. The summed E-state index contributed by atoms with van der Waals surface area (Å²) in [6.45, 7) is 1.83. The van der Waals surface area contributed by atoms with Crippen LogP contribution in [0.15, 0.2) is 30.3 Å². The summed E-state index contributed by atoms with van der Waals surface area (Å²) in [7, 11) is 0. The van der Waals surface area contributed by atoms with E-state index in [-0.39, 0.29) is 30.1 Å². The summed E-state index contributed by atoms with van der Waals surface area (Å²) in [6, 6.07) is 9.76. The van der Waals surface area contributed by atoms with Gasteiger partial charge in [0, 0.05) is 6.61 Å². The van der Waals surface area contributed by atoms with Crippen LogP contribution in [0.3, 0.4) is 0 Å². The van der Waals surface area contributed by atoms with E-state index >= 15 is 0 Å². The highest BCUT2D eigenvalue weighted by Crippen LogP contribution is 2.38. The number of carbonyl (C=O) groups excluding carboxylic acids is 1. The van der Waals surface area contributed by atoms with Crippen LogP contribution >= 0.6 is 0 Å². The molecule has 3 aliphatic heterocycles. The first-order valence-corrected chi connectivity index (χ1v) is 7.58. The Hall–Kier alpha value is -1.43. The fourth-order valence-electron chi connectivity index (χ4n) is 3.54. The largest absolute Gasteiger partial charge is 0.464 e. The van der Waals surface area contributed by atoms with Gasteiger partial charge in [0.05, 0.1) is 25.2 Å². The molecule has 0 unspecified atom stereocenters. The standard InChI is InChI=1S/C16H19NO4/c18-16-14-12(10-20-16)15(13-7-4-8-19-13)21-17(14)9-11-5-2-1-3-6-11/h1-3,5-6,12-15H,4,7-10H2/t12-,13+,14+,15+/m1/s1. The molecule has 0 amide bonds. The first-order chi connectivity index (χ1) is 10.3. The molecule has 0 radical (unpaired) electrons. The van der Waals surface area contributed by atoms with E-state index in [9.17, 15) is 4.79 Å². The Morgan fingerprint density at radius 1 is 1.24 bits per heavy atom. The Balaban J connectivity index is 1.54. The first-order valence-electron chi connectivity index (χ1n) is 7.58. The summed E-state index contributed by atoms with van der Waals surface area (Å²) in [5.74, 6) is -0.0826. The van der Waals surface area contributed by atoms with Gasteiger partial charge in [-0.1, -0.05) is 30.3 Å². The summed E-state index contributed by atoms with van der Waals surface area (Å²) in [5.41, 5.74) is 1.13. The molecule has 1 aromatic rings. The summed E-state index contributed by atoms with van der Waals surface area (Å²) >= 11 is 0. The third-order valence-electron chi connectivity index (χ3n) is 4.57. The molecule has 4 rings (SSSR count). The SMILES string of the molecule is O=C1OC[C@H]2[C@@H]([C@@H]3CCCO3)ON(Cc3ccccc3)[C@H]12. The number of hydroxylamine groups is 2. The van der Waals surface area contributed by atoms with E-state index in [2.05, 4.69) is 0 Å². The maximum absolute atomic E-state index is 12.0. The van der Waals surface area contributed by atoms with Gasteiger partial charge >= 0.3 is 5.97 Å². The van der Waals surface area contributed by atoms with Crippen molar-refractivity contribution in [1.82, 2.24) is 5.06 Å². The molecular formula is C16H19NO4. The zero-order valence-electron chi connectivity index (χ0n) is 11.8. The molecule has 3 fully saturated rings. The second-order valence-electron chi connectivity index (χ2n) is 5.92. The number of cyclic esters (lactones) is 1. The minimum Gasteiger partial charge on any atom is -0.464 e. The first kappa shape index (κ1) is 13.2. The summed E-state index contributed by atoms with van der Waals surface area (Å²) < 4.78 is 11.0. The maximum atomic E-state index is 12.0. The maximum Gasteiger partial charge on any atom is 0.326 e. The van der Waals surface area contributed by atoms with Gasteiger partial charge in [0.2, 0.25) is 0 Å². The van der Waals surface area contributed by atoms with Gasteiger partial charge in [-0.3, -0.25) is 9.63 Å². The smallest absolute Gasteiger partial charge is 0.326 e. The van der Waals surface area contributed by atoms with Crippen molar-refractivity contribution in [2.45, 2.75) is 37.6 Å². The number of hydrogen-bond donors (Lipinski definition) is 0. The lowest BCUT2D eigenvalue weighted by Crippen LogP contribution is -2.35. The van der Waals surface area contributed by atoms with Gasteiger partial charge in [0.1, 0.15) is 12.1 Å². The minimum absolute atomic E-state index is 0.0623. The number of fused-ring (bicyclic) bond motifs is 1. The number of nitrogens with zero attached hydrogens (tertiary/aromatic N) is 1. The van der Waals surface area contributed by atoms with Crippen molar-refractivity contribution < 1.29 is 19.1 Å². The minimum atomic E-state index is -0.292. The highest BCUT2D eigenvalue weighted by atomic mass is 16.7. The van der Waals surface area contributed by atoms with Crippen LogP contribution in [0.4, 0.5) is 0 Å². The molecule has 21 heavy (non-hydrogen) atoms. The highest BCUT2D eigenvalue weighted by Gasteiger charge is 2.55. The number of ether oxygens (including phenoxy) is 2. The molecule has 3 saturated heterocycles. The van der Waals surface area contributed by atoms with E-state index in [1.54, 1.807) is 5.06 Å². The Kier molecular flexibility index (Phi) is 3.41. The van der Waals surface area contributed by atoms with Gasteiger partial charge in [0.15, 0.2) is 0 Å². The molecule has 0 aliphatic carbocycles. The number of carbonyl (C=O) groups is 1. The van der Waals surface area contributed by atoms with Gasteiger partial charge in [-0.15, -0.1) is 0 Å². The number of esters is 1. The van der Waals surface area contributed by atoms with Crippen LogP contribution in [0.2, 0.25) is 0 Å². The van der Waals surface area contributed by atoms with Crippen LogP contribution in [-0.2, 0) is 25.7 Å². The molecule has 0 bridgehead atoms. The molecule has 5 nitrogen and oxygen atoms in total. The second-order valence-corrected chi connectivity index (χ2v) is 5.92. The van der Waals surface area contributed by atoms with Crippen molar-refractivity contribution in [1.29, 1.82) is 0 Å². The van der Waals surface area contributed by atoms with Crippen molar-refractivity contribution in [2.75, 3.05) is 13.2 Å². The Morgan fingerprint density at radius 3 is 2.86 bits per heavy atom. The lowest BCUT2D eigenvalue weighted by atomic mass is 9.93. The van der Waals surface area contributed by atoms with Crippen molar-refractivity contribution in [3.63, 3.8) is 0 Å². The highest BCUT2D eigenvalue weighted by molar-refractivity contribution is 5.78. The Bertz CT molecular complexity index is 514. The quantitative estimate of drug-likeness (QED) is 0.790. The van der Waals surface area contributed by atoms with E-state index in [1.807, 2.05) is 30.3 Å². The topological polar surface area (TPSA) is 48.0 Å². The number of hydrogen-bond acceptors (Lipinski definition) is 5. The fourth-order valence-corrected chi connectivity index (χ4v) is 3.54. The predicted octanol–water partition coefficient (Wildman–Crippen LogP) is 1.52. The predicted molar refractivity (Wildman–Crippen MR) is 74.1 cm³/mol. The van der Waals surface area contributed by atoms with Gasteiger partial charge in [0.25, 0.3) is 0 Å². The van der Waals surface area contributed by atoms with Crippen molar-refractivity contribution in [3.05, 3.63) is 35.9 Å². The lowest BCUT2D eigenvalue weighted by molar-refractivity contribution is -0.204. The van der Waals surface area contributed by atoms with Crippen LogP contribution in [0, 0.1) is 5.92 Å². The molecule has 112 valence electrons. The van der Waals surface area contributed by atoms with Crippen LogP contribution < -0.4 is 0 Å². The molecule has 1 aromatic carbocycles. The molecule has 3 aliphatic rings. The third-order valence-corrected chi connectivity index (χ3v) is 4.57. The fraction of sp³-hybridized carbons (Fsp3) is 0.562. The molecule has 0 spiro atoms. The van der Waals surface area contributed by atoms with E-state index in [0.29, 0.717) is 13.2 Å². The van der Waals surface area contributed by atoms with Crippen LogP contribution in [-0.4, -0.2) is 42.5 Å². The molecular weight excluding hydrogens is 270 g/mol. The summed E-state index contributed by atoms with van der Waals surface area (Å²) in [5, 5.41) is 1.79. The van der Waals surface area contributed by atoms with Crippen LogP contribution in [0.1, 0.15) is 18.4 Å². The average molecular weight is 289 g/mol. The second kappa shape index (κ2) is 5.40. The van der Waals surface area contributed by atoms with Crippen LogP contribution in [0.5, 0.6) is 0 Å². The number of rotatable bonds is 3. The molecule has 0 N–H and O–H groups in total. The Morgan fingerprint density at radius 2 is 2.10 bits per heavy atom. The third kappa shape index (κ3) is 2.35. The van der Waals surface area contributed by atoms with Crippen molar-refractivity contribution in [3.8, 4) is 0 Å². The normalized spacial score (nSPS) is 35.9. The Labute approximate surface area is 123 Å². The summed E-state index contributed by atoms with van der Waals surface area (Å²) in [4.78, 5) is 18.1. The molecule has 0 saturated carbocycles. The van der Waals surface area contributed by atoms with E-state index in [0.717, 1.165) is 25.0 Å². The molecule has 0 aromatic heterocycles. The van der Waals surface area contributed by atoms with Gasteiger partial charge in [-0.2, -0.15) is 5.06 Å². The van der Waals surface area contributed by atoms with Gasteiger partial charge < -0.3 is 9.47 Å². The van der Waals surface area contributed by atoms with E-state index in [4.69, 9.17) is 14.3 Å². The van der Waals surface area contributed by atoms with Crippen molar-refractivity contribution in [2.24, 2.45) is 5.92 Å². The average Bonchev–Trinajstić information content (AvgIpc) is 3.20. The lowest BCUT2D eigenvalue weighted by Gasteiger charge is -2.22. The number of benzene rings is 1. The van der Waals surface area contributed by atoms with Gasteiger partial charge in [-0.05, 0) is 18.4 Å². The molecule has 5 heteroatoms. The van der Waals surface area contributed by atoms with Gasteiger partial charge in [-0.25, -0.2) is 0 Å². The van der Waals surface area contributed by atoms with E-state index in [1.165, 1.54) is 0 Å². The molecule has 4 atom stereocenters. The molecule has 3 heterocycles. The zero-order valence-corrected chi connectivity index (χ0v) is 11.8. The van der Waals surface area contributed by atoms with E-state index < -0.39 is 0 Å².